The van der Waals surface area contributed by atoms with E-state index in [2.05, 4.69) is 17.2 Å². The molecule has 1 heterocycles. The normalized spacial score (nSPS) is 30.8. The van der Waals surface area contributed by atoms with Crippen molar-refractivity contribution in [1.82, 2.24) is 4.98 Å². The summed E-state index contributed by atoms with van der Waals surface area (Å²) in [7, 11) is -7.13. The minimum absolute atomic E-state index is 0.189. The molecule has 1 N–H and O–H groups in total. The van der Waals surface area contributed by atoms with E-state index < -0.39 is 20.2 Å². The van der Waals surface area contributed by atoms with E-state index in [9.17, 15) is 16.8 Å². The van der Waals surface area contributed by atoms with Gasteiger partial charge in [0.1, 0.15) is 5.75 Å². The van der Waals surface area contributed by atoms with Crippen molar-refractivity contribution in [2.45, 2.75) is 70.8 Å². The summed E-state index contributed by atoms with van der Waals surface area (Å²) in [6, 6.07) is 5.70. The van der Waals surface area contributed by atoms with Crippen LogP contribution in [0, 0.1) is 30.1 Å². The second-order valence-corrected chi connectivity index (χ2v) is 16.1. The predicted molar refractivity (Wildman–Crippen MR) is 150 cm³/mol. The highest BCUT2D eigenvalue weighted by Crippen LogP contribution is 2.64. The van der Waals surface area contributed by atoms with Crippen LogP contribution in [0.25, 0.3) is 0 Å². The van der Waals surface area contributed by atoms with E-state index in [1.54, 1.807) is 17.4 Å². The molecule has 0 radical (unpaired) electrons. The number of thiazole rings is 1. The van der Waals surface area contributed by atoms with Crippen molar-refractivity contribution >= 4 is 36.7 Å². The zero-order chi connectivity index (χ0) is 27.3. The van der Waals surface area contributed by atoms with Crippen LogP contribution in [-0.2, 0) is 30.8 Å². The maximum absolute atomic E-state index is 12.2. The Hall–Kier alpha value is -1.69. The smallest absolute Gasteiger partial charge is 0.306 e. The van der Waals surface area contributed by atoms with Gasteiger partial charge in [-0.25, -0.2) is 4.98 Å². The average molecular weight is 583 g/mol. The SMILES string of the molecule is Cc1cnc(NCCC[C@@H]2C[C@H](OS(C)(=O)=O)[C@@]3(C)CCC4c5ccc(OS(C)(=O)=O)cc5CCC4C23)s1. The van der Waals surface area contributed by atoms with Gasteiger partial charge in [0.2, 0.25) is 0 Å². The van der Waals surface area contributed by atoms with Crippen LogP contribution in [0.3, 0.4) is 0 Å². The Balaban J connectivity index is 1.36. The zero-order valence-electron chi connectivity index (χ0n) is 22.5. The summed E-state index contributed by atoms with van der Waals surface area (Å²) in [5, 5.41) is 4.38. The minimum atomic E-state index is -3.57. The van der Waals surface area contributed by atoms with Crippen LogP contribution in [0.4, 0.5) is 5.13 Å². The molecule has 0 amide bonds. The second-order valence-electron chi connectivity index (χ2n) is 11.7. The number of rotatable bonds is 9. The third kappa shape index (κ3) is 5.90. The first kappa shape index (κ1) is 27.9. The maximum Gasteiger partial charge on any atom is 0.306 e. The lowest BCUT2D eigenvalue weighted by molar-refractivity contribution is -0.0179. The summed E-state index contributed by atoms with van der Waals surface area (Å²) in [6.07, 6.45) is 10.3. The molecule has 3 unspecified atom stereocenters. The van der Waals surface area contributed by atoms with Gasteiger partial charge in [-0.05, 0) is 104 Å². The van der Waals surface area contributed by atoms with Crippen molar-refractivity contribution < 1.29 is 25.2 Å². The number of hydrogen-bond donors (Lipinski definition) is 1. The summed E-state index contributed by atoms with van der Waals surface area (Å²) < 4.78 is 58.6. The van der Waals surface area contributed by atoms with Crippen LogP contribution in [0.1, 0.15) is 67.4 Å². The molecule has 2 fully saturated rings. The van der Waals surface area contributed by atoms with Crippen LogP contribution in [0.2, 0.25) is 0 Å². The first-order chi connectivity index (χ1) is 17.8. The fourth-order valence-corrected chi connectivity index (χ4v) is 9.53. The minimum Gasteiger partial charge on any atom is -0.383 e. The Labute approximate surface area is 230 Å². The number of aromatic nitrogens is 1. The molecule has 2 aromatic rings. The average Bonchev–Trinajstić information content (AvgIpc) is 3.34. The Bertz CT molecular complexity index is 1390. The molecule has 1 aromatic carbocycles. The zero-order valence-corrected chi connectivity index (χ0v) is 24.9. The molecule has 0 bridgehead atoms. The number of hydrogen-bond acceptors (Lipinski definition) is 9. The molecule has 3 aliphatic rings. The number of nitrogens with zero attached hydrogens (tertiary/aromatic N) is 1. The Kier molecular flexibility index (Phi) is 7.60. The van der Waals surface area contributed by atoms with E-state index >= 15 is 0 Å². The van der Waals surface area contributed by atoms with Crippen molar-refractivity contribution in [3.8, 4) is 5.75 Å². The highest BCUT2D eigenvalue weighted by atomic mass is 32.2. The molecular formula is C27H38N2O6S3. The van der Waals surface area contributed by atoms with Crippen molar-refractivity contribution in [1.29, 1.82) is 0 Å². The lowest BCUT2D eigenvalue weighted by Crippen LogP contribution is -2.46. The summed E-state index contributed by atoms with van der Waals surface area (Å²) in [6.45, 7) is 5.13. The molecule has 6 atom stereocenters. The van der Waals surface area contributed by atoms with Crippen LogP contribution >= 0.6 is 11.3 Å². The Morgan fingerprint density at radius 2 is 1.95 bits per heavy atom. The molecular weight excluding hydrogens is 545 g/mol. The van der Waals surface area contributed by atoms with Crippen LogP contribution in [0.15, 0.2) is 24.4 Å². The van der Waals surface area contributed by atoms with E-state index in [4.69, 9.17) is 8.37 Å². The molecule has 210 valence electrons. The Morgan fingerprint density at radius 1 is 1.16 bits per heavy atom. The van der Waals surface area contributed by atoms with Gasteiger partial charge in [-0.15, -0.1) is 11.3 Å². The van der Waals surface area contributed by atoms with E-state index in [0.717, 1.165) is 74.7 Å². The van der Waals surface area contributed by atoms with Crippen LogP contribution < -0.4 is 9.50 Å². The number of fused-ring (bicyclic) bond motifs is 5. The van der Waals surface area contributed by atoms with Gasteiger partial charge in [-0.2, -0.15) is 16.8 Å². The lowest BCUT2D eigenvalue weighted by Gasteiger charge is -2.51. The predicted octanol–water partition coefficient (Wildman–Crippen LogP) is 5.11. The highest BCUT2D eigenvalue weighted by Gasteiger charge is 2.59. The summed E-state index contributed by atoms with van der Waals surface area (Å²) >= 11 is 1.66. The van der Waals surface area contributed by atoms with Gasteiger partial charge < -0.3 is 9.50 Å². The number of benzene rings is 1. The van der Waals surface area contributed by atoms with Gasteiger partial charge in [0.05, 0.1) is 18.6 Å². The third-order valence-corrected chi connectivity index (χ3v) is 10.9. The molecule has 0 aliphatic heterocycles. The third-order valence-electron chi connectivity index (χ3n) is 8.94. The Morgan fingerprint density at radius 3 is 2.63 bits per heavy atom. The van der Waals surface area contributed by atoms with Crippen molar-refractivity contribution in [2.24, 2.45) is 23.2 Å². The largest absolute Gasteiger partial charge is 0.383 e. The molecule has 8 nitrogen and oxygen atoms in total. The highest BCUT2D eigenvalue weighted by molar-refractivity contribution is 7.86. The van der Waals surface area contributed by atoms with Crippen molar-refractivity contribution in [2.75, 3.05) is 24.4 Å². The topological polar surface area (TPSA) is 112 Å². The first-order valence-electron chi connectivity index (χ1n) is 13.4. The van der Waals surface area contributed by atoms with Crippen LogP contribution in [0.5, 0.6) is 5.75 Å². The first-order valence-corrected chi connectivity index (χ1v) is 17.8. The quantitative estimate of drug-likeness (QED) is 0.321. The fraction of sp³-hybridized carbons (Fsp3) is 0.667. The summed E-state index contributed by atoms with van der Waals surface area (Å²) in [4.78, 5) is 5.57. The molecule has 3 aliphatic carbocycles. The standard InChI is InChI=1S/C27H38N2O6S3/c1-17-16-29-26(36-17)28-13-5-6-19-15-24(35-38(4,32)33)27(2)12-11-22-21-10-8-20(34-37(3,30)31)14-18(21)7-9-23(22)25(19)27/h8,10,14,16,19,22-25H,5-7,9,11-13,15H2,1-4H3,(H,28,29)/t19-,22?,23?,24+,25?,27-/m1/s1. The number of nitrogens with one attached hydrogen (secondary N) is 1. The summed E-state index contributed by atoms with van der Waals surface area (Å²) in [5.41, 5.74) is 2.26. The van der Waals surface area contributed by atoms with Crippen LogP contribution in [-0.4, -0.2) is 47.0 Å². The van der Waals surface area contributed by atoms with Gasteiger partial charge in [0, 0.05) is 17.6 Å². The van der Waals surface area contributed by atoms with E-state index in [1.807, 2.05) is 25.3 Å². The van der Waals surface area contributed by atoms with E-state index in [-0.39, 0.29) is 11.5 Å². The van der Waals surface area contributed by atoms with Gasteiger partial charge in [-0.3, -0.25) is 4.18 Å². The molecule has 11 heteroatoms. The van der Waals surface area contributed by atoms with Gasteiger partial charge in [-0.1, -0.05) is 13.0 Å². The molecule has 38 heavy (non-hydrogen) atoms. The molecule has 1 aromatic heterocycles. The molecule has 2 saturated carbocycles. The number of anilines is 1. The van der Waals surface area contributed by atoms with E-state index in [0.29, 0.717) is 29.4 Å². The van der Waals surface area contributed by atoms with Crippen molar-refractivity contribution in [3.05, 3.63) is 40.4 Å². The monoisotopic (exact) mass is 582 g/mol. The number of aryl methyl sites for hydroxylation is 2. The maximum atomic E-state index is 12.2. The van der Waals surface area contributed by atoms with Gasteiger partial charge in [0.15, 0.2) is 5.13 Å². The molecule has 0 saturated heterocycles. The molecule has 5 rings (SSSR count). The van der Waals surface area contributed by atoms with Gasteiger partial charge in [0.25, 0.3) is 10.1 Å². The van der Waals surface area contributed by atoms with Crippen molar-refractivity contribution in [3.63, 3.8) is 0 Å². The fourth-order valence-electron chi connectivity index (χ4n) is 7.67. The summed E-state index contributed by atoms with van der Waals surface area (Å²) in [5.74, 6) is 1.94. The second kappa shape index (κ2) is 10.4. The van der Waals surface area contributed by atoms with E-state index in [1.165, 1.54) is 10.4 Å². The molecule has 0 spiro atoms. The van der Waals surface area contributed by atoms with Gasteiger partial charge >= 0.3 is 10.1 Å². The lowest BCUT2D eigenvalue weighted by atomic mass is 9.54.